The molecule has 0 bridgehead atoms. The third-order valence-electron chi connectivity index (χ3n) is 3.71. The van der Waals surface area contributed by atoms with Crippen molar-refractivity contribution in [2.75, 3.05) is 7.05 Å². The molecule has 0 amide bonds. The van der Waals surface area contributed by atoms with Crippen LogP contribution >= 0.6 is 15.9 Å². The van der Waals surface area contributed by atoms with Crippen LogP contribution in [0, 0.1) is 5.41 Å². The van der Waals surface area contributed by atoms with E-state index in [0.29, 0.717) is 11.5 Å². The summed E-state index contributed by atoms with van der Waals surface area (Å²) in [5.74, 6) is 0. The zero-order valence-electron chi connectivity index (χ0n) is 9.39. The van der Waals surface area contributed by atoms with Crippen molar-refractivity contribution < 1.29 is 0 Å². The van der Waals surface area contributed by atoms with Crippen LogP contribution in [0.5, 0.6) is 0 Å². The molecule has 1 aromatic carbocycles. The minimum atomic E-state index is 0.530. The van der Waals surface area contributed by atoms with Crippen LogP contribution in [-0.2, 0) is 6.42 Å². The van der Waals surface area contributed by atoms with Crippen LogP contribution in [0.2, 0.25) is 0 Å². The second-order valence-electron chi connectivity index (χ2n) is 4.68. The molecule has 1 aromatic rings. The van der Waals surface area contributed by atoms with Crippen molar-refractivity contribution in [3.63, 3.8) is 0 Å². The summed E-state index contributed by atoms with van der Waals surface area (Å²) in [6.45, 7) is 2.30. The molecular weight excluding hydrogens is 250 g/mol. The van der Waals surface area contributed by atoms with Gasteiger partial charge >= 0.3 is 0 Å². The Labute approximate surface area is 100 Å². The number of nitrogens with one attached hydrogen (secondary N) is 1. The van der Waals surface area contributed by atoms with Gasteiger partial charge in [0.15, 0.2) is 0 Å². The van der Waals surface area contributed by atoms with Crippen LogP contribution in [0.1, 0.15) is 25.3 Å². The lowest BCUT2D eigenvalue weighted by molar-refractivity contribution is 0.369. The molecule has 1 N–H and O–H groups in total. The highest BCUT2D eigenvalue weighted by molar-refractivity contribution is 9.10. The first-order valence-corrected chi connectivity index (χ1v) is 6.37. The fourth-order valence-electron chi connectivity index (χ4n) is 2.24. The summed E-state index contributed by atoms with van der Waals surface area (Å²) in [6.07, 6.45) is 3.94. The molecule has 2 rings (SSSR count). The average Bonchev–Trinajstić information content (AvgIpc) is 3.01. The van der Waals surface area contributed by atoms with Crippen LogP contribution in [0.3, 0.4) is 0 Å². The molecule has 0 aliphatic heterocycles. The summed E-state index contributed by atoms with van der Waals surface area (Å²) in [7, 11) is 2.06. The van der Waals surface area contributed by atoms with Crippen molar-refractivity contribution in [1.29, 1.82) is 0 Å². The minimum Gasteiger partial charge on any atom is -0.317 e. The van der Waals surface area contributed by atoms with E-state index in [-0.39, 0.29) is 0 Å². The lowest BCUT2D eigenvalue weighted by Crippen LogP contribution is -2.33. The largest absolute Gasteiger partial charge is 0.317 e. The summed E-state index contributed by atoms with van der Waals surface area (Å²) in [6, 6.07) is 9.35. The number of hydrogen-bond donors (Lipinski definition) is 1. The monoisotopic (exact) mass is 267 g/mol. The van der Waals surface area contributed by atoms with Crippen molar-refractivity contribution in [2.24, 2.45) is 5.41 Å². The Balaban J connectivity index is 2.05. The van der Waals surface area contributed by atoms with Gasteiger partial charge in [0.1, 0.15) is 0 Å². The van der Waals surface area contributed by atoms with Crippen molar-refractivity contribution in [1.82, 2.24) is 5.32 Å². The number of benzene rings is 1. The second-order valence-corrected chi connectivity index (χ2v) is 5.59. The van der Waals surface area contributed by atoms with E-state index in [0.717, 1.165) is 4.47 Å². The topological polar surface area (TPSA) is 12.0 Å². The van der Waals surface area contributed by atoms with Crippen molar-refractivity contribution in [2.45, 2.75) is 32.2 Å². The van der Waals surface area contributed by atoms with Gasteiger partial charge in [0.2, 0.25) is 0 Å². The van der Waals surface area contributed by atoms with E-state index >= 15 is 0 Å². The predicted molar refractivity (Wildman–Crippen MR) is 68.0 cm³/mol. The molecule has 1 atom stereocenters. The van der Waals surface area contributed by atoms with Crippen LogP contribution < -0.4 is 5.32 Å². The van der Waals surface area contributed by atoms with E-state index in [4.69, 9.17) is 0 Å². The molecule has 15 heavy (non-hydrogen) atoms. The first-order valence-electron chi connectivity index (χ1n) is 5.58. The third kappa shape index (κ3) is 2.43. The summed E-state index contributed by atoms with van der Waals surface area (Å²) in [5.41, 5.74) is 1.99. The van der Waals surface area contributed by atoms with Gasteiger partial charge in [0.05, 0.1) is 0 Å². The van der Waals surface area contributed by atoms with Crippen molar-refractivity contribution in [3.8, 4) is 0 Å². The maximum atomic E-state index is 3.47. The maximum absolute atomic E-state index is 3.47. The summed E-state index contributed by atoms with van der Waals surface area (Å²) < 4.78 is 1.16. The van der Waals surface area contributed by atoms with Gasteiger partial charge in [-0.2, -0.15) is 0 Å². The number of hydrogen-bond acceptors (Lipinski definition) is 1. The highest BCUT2D eigenvalue weighted by atomic mass is 79.9. The highest BCUT2D eigenvalue weighted by Crippen LogP contribution is 2.51. The average molecular weight is 268 g/mol. The molecule has 1 aliphatic rings. The molecule has 82 valence electrons. The summed E-state index contributed by atoms with van der Waals surface area (Å²) in [4.78, 5) is 0. The van der Waals surface area contributed by atoms with Crippen LogP contribution in [0.15, 0.2) is 28.7 Å². The zero-order chi connectivity index (χ0) is 10.9. The van der Waals surface area contributed by atoms with Gasteiger partial charge in [-0.25, -0.2) is 0 Å². The molecule has 2 heteroatoms. The molecule has 1 nitrogen and oxygen atoms in total. The van der Waals surface area contributed by atoms with Gasteiger partial charge in [-0.15, -0.1) is 0 Å². The lowest BCUT2D eigenvalue weighted by atomic mass is 9.90. The van der Waals surface area contributed by atoms with E-state index in [9.17, 15) is 0 Å². The SMILES string of the molecule is CNC(C)C1(Cc2ccc(Br)cc2)CC1. The molecule has 1 aliphatic carbocycles. The maximum Gasteiger partial charge on any atom is 0.0175 e. The van der Waals surface area contributed by atoms with Gasteiger partial charge in [0, 0.05) is 10.5 Å². The molecule has 1 unspecified atom stereocenters. The third-order valence-corrected chi connectivity index (χ3v) is 4.24. The van der Waals surface area contributed by atoms with Crippen molar-refractivity contribution in [3.05, 3.63) is 34.3 Å². The van der Waals surface area contributed by atoms with Crippen LogP contribution in [0.4, 0.5) is 0 Å². The minimum absolute atomic E-state index is 0.530. The van der Waals surface area contributed by atoms with E-state index in [1.54, 1.807) is 0 Å². The molecule has 1 fully saturated rings. The van der Waals surface area contributed by atoms with E-state index in [1.807, 2.05) is 0 Å². The summed E-state index contributed by atoms with van der Waals surface area (Å²) in [5, 5.41) is 3.39. The smallest absolute Gasteiger partial charge is 0.0175 e. The Bertz CT molecular complexity index is 327. The standard InChI is InChI=1S/C13H18BrN/c1-10(15-2)13(7-8-13)9-11-3-5-12(14)6-4-11/h3-6,10,15H,7-9H2,1-2H3. The molecule has 0 spiro atoms. The van der Waals surface area contributed by atoms with Crippen LogP contribution in [0.25, 0.3) is 0 Å². The number of rotatable bonds is 4. The highest BCUT2D eigenvalue weighted by Gasteiger charge is 2.46. The van der Waals surface area contributed by atoms with Gasteiger partial charge in [-0.05, 0) is 56.3 Å². The Morgan fingerprint density at radius 2 is 1.93 bits per heavy atom. The van der Waals surface area contributed by atoms with E-state index < -0.39 is 0 Å². The molecule has 1 saturated carbocycles. The van der Waals surface area contributed by atoms with Gasteiger partial charge in [0.25, 0.3) is 0 Å². The molecule has 0 aromatic heterocycles. The Morgan fingerprint density at radius 3 is 2.40 bits per heavy atom. The molecule has 0 radical (unpaired) electrons. The zero-order valence-corrected chi connectivity index (χ0v) is 11.0. The Morgan fingerprint density at radius 1 is 1.33 bits per heavy atom. The quantitative estimate of drug-likeness (QED) is 0.882. The van der Waals surface area contributed by atoms with Crippen LogP contribution in [-0.4, -0.2) is 13.1 Å². The summed E-state index contributed by atoms with van der Waals surface area (Å²) >= 11 is 3.47. The first-order chi connectivity index (χ1) is 7.16. The predicted octanol–water partition coefficient (Wildman–Crippen LogP) is 3.38. The first kappa shape index (κ1) is 11.2. The van der Waals surface area contributed by atoms with Gasteiger partial charge < -0.3 is 5.32 Å². The number of halogens is 1. The molecule has 0 heterocycles. The lowest BCUT2D eigenvalue weighted by Gasteiger charge is -2.23. The Hall–Kier alpha value is -0.340. The van der Waals surface area contributed by atoms with Gasteiger partial charge in [-0.1, -0.05) is 28.1 Å². The normalized spacial score (nSPS) is 19.9. The molecular formula is C13H18BrN. The van der Waals surface area contributed by atoms with E-state index in [2.05, 4.69) is 59.5 Å². The second kappa shape index (κ2) is 4.26. The fourth-order valence-corrected chi connectivity index (χ4v) is 2.50. The van der Waals surface area contributed by atoms with Crippen molar-refractivity contribution >= 4 is 15.9 Å². The Kier molecular flexibility index (Phi) is 3.17. The van der Waals surface area contributed by atoms with E-state index in [1.165, 1.54) is 24.8 Å². The van der Waals surface area contributed by atoms with Gasteiger partial charge in [-0.3, -0.25) is 0 Å². The fraction of sp³-hybridized carbons (Fsp3) is 0.538. The molecule has 0 saturated heterocycles.